The smallest absolute Gasteiger partial charge is 0.271 e. The molecule has 1 aliphatic rings. The number of halogens is 1. The molecule has 2 aromatic rings. The third-order valence-electron chi connectivity index (χ3n) is 4.32. The van der Waals surface area contributed by atoms with Crippen LogP contribution < -0.4 is 15.0 Å². The number of fused-ring (bicyclic) bond motifs is 1. The maximum atomic E-state index is 12.8. The molecule has 5 nitrogen and oxygen atoms in total. The Morgan fingerprint density at radius 3 is 2.62 bits per heavy atom. The van der Waals surface area contributed by atoms with E-state index in [0.717, 1.165) is 5.56 Å². The second-order valence-electron chi connectivity index (χ2n) is 6.82. The molecule has 0 spiro atoms. The molecule has 1 aliphatic heterocycles. The highest BCUT2D eigenvalue weighted by Crippen LogP contribution is 2.39. The second kappa shape index (κ2) is 7.00. The van der Waals surface area contributed by atoms with Crippen LogP contribution in [0.2, 0.25) is 5.02 Å². The molecule has 0 aromatic heterocycles. The fourth-order valence-electron chi connectivity index (χ4n) is 2.95. The van der Waals surface area contributed by atoms with Gasteiger partial charge < -0.3 is 10.1 Å². The highest BCUT2D eigenvalue weighted by atomic mass is 35.5. The van der Waals surface area contributed by atoms with Crippen molar-refractivity contribution in [2.45, 2.75) is 32.4 Å². The number of amides is 2. The van der Waals surface area contributed by atoms with E-state index in [-0.39, 0.29) is 24.4 Å². The zero-order valence-electron chi connectivity index (χ0n) is 15.0. The zero-order chi connectivity index (χ0) is 18.9. The van der Waals surface area contributed by atoms with Gasteiger partial charge in [0.15, 0.2) is 5.60 Å². The van der Waals surface area contributed by atoms with Crippen molar-refractivity contribution in [3.8, 4) is 5.75 Å². The van der Waals surface area contributed by atoms with E-state index >= 15 is 0 Å². The van der Waals surface area contributed by atoms with E-state index in [1.165, 1.54) is 4.90 Å². The molecule has 1 atom stereocenters. The molecule has 6 heteroatoms. The van der Waals surface area contributed by atoms with Gasteiger partial charge >= 0.3 is 0 Å². The van der Waals surface area contributed by atoms with Crippen LogP contribution >= 0.6 is 11.6 Å². The number of ether oxygens (including phenoxy) is 1. The third-order valence-corrected chi connectivity index (χ3v) is 4.55. The minimum Gasteiger partial charge on any atom is -0.476 e. The molecule has 3 rings (SSSR count). The summed E-state index contributed by atoms with van der Waals surface area (Å²) in [5.74, 6) is -0.00369. The molecule has 0 saturated carbocycles. The normalized spacial score (nSPS) is 16.5. The molecule has 0 bridgehead atoms. The van der Waals surface area contributed by atoms with E-state index in [1.807, 2.05) is 37.3 Å². The minimum absolute atomic E-state index is 0.101. The molecule has 1 N–H and O–H groups in total. The lowest BCUT2D eigenvalue weighted by Gasteiger charge is -2.38. The van der Waals surface area contributed by atoms with Gasteiger partial charge in [-0.2, -0.15) is 0 Å². The molecule has 26 heavy (non-hydrogen) atoms. The van der Waals surface area contributed by atoms with Crippen LogP contribution in [0.1, 0.15) is 32.4 Å². The zero-order valence-corrected chi connectivity index (χ0v) is 15.7. The van der Waals surface area contributed by atoms with Crippen molar-refractivity contribution >= 4 is 29.1 Å². The molecular formula is C20H21ClN2O3. The van der Waals surface area contributed by atoms with Crippen LogP contribution in [0.15, 0.2) is 48.5 Å². The lowest BCUT2D eigenvalue weighted by molar-refractivity contribution is -0.134. The molecular weight excluding hydrogens is 352 g/mol. The Bertz CT molecular complexity index is 836. The van der Waals surface area contributed by atoms with Gasteiger partial charge in [-0.1, -0.05) is 41.9 Å². The van der Waals surface area contributed by atoms with Crippen LogP contribution in [0.5, 0.6) is 5.75 Å². The van der Waals surface area contributed by atoms with Crippen LogP contribution in [-0.4, -0.2) is 24.0 Å². The number of nitrogens with zero attached hydrogens (tertiary/aromatic N) is 1. The summed E-state index contributed by atoms with van der Waals surface area (Å²) in [6.45, 7) is 5.17. The van der Waals surface area contributed by atoms with Crippen LogP contribution in [-0.2, 0) is 9.59 Å². The molecule has 0 fully saturated rings. The van der Waals surface area contributed by atoms with Gasteiger partial charge in [-0.3, -0.25) is 14.5 Å². The van der Waals surface area contributed by atoms with Gasteiger partial charge in [-0.05, 0) is 44.5 Å². The van der Waals surface area contributed by atoms with Crippen molar-refractivity contribution in [1.29, 1.82) is 0 Å². The number of hydrogen-bond donors (Lipinski definition) is 1. The summed E-state index contributed by atoms with van der Waals surface area (Å²) in [4.78, 5) is 26.8. The van der Waals surface area contributed by atoms with Gasteiger partial charge in [0.1, 0.15) is 12.3 Å². The summed E-state index contributed by atoms with van der Waals surface area (Å²) >= 11 is 6.07. The van der Waals surface area contributed by atoms with E-state index in [0.29, 0.717) is 16.5 Å². The number of anilines is 1. The number of carbonyl (C=O) groups is 2. The van der Waals surface area contributed by atoms with Crippen molar-refractivity contribution in [3.63, 3.8) is 0 Å². The van der Waals surface area contributed by atoms with E-state index in [4.69, 9.17) is 16.3 Å². The molecule has 2 amide bonds. The topological polar surface area (TPSA) is 58.6 Å². The van der Waals surface area contributed by atoms with Gasteiger partial charge in [0.2, 0.25) is 5.91 Å². The molecule has 0 aliphatic carbocycles. The fourth-order valence-corrected chi connectivity index (χ4v) is 3.12. The SMILES string of the molecule is CC(NC(=O)CN1C(=O)C(C)(C)Oc2ccc(Cl)cc21)c1ccccc1. The van der Waals surface area contributed by atoms with Crippen LogP contribution in [0.4, 0.5) is 5.69 Å². The summed E-state index contributed by atoms with van der Waals surface area (Å²) in [6, 6.07) is 14.5. The summed E-state index contributed by atoms with van der Waals surface area (Å²) in [7, 11) is 0. The first-order valence-corrected chi connectivity index (χ1v) is 8.80. The first-order valence-electron chi connectivity index (χ1n) is 8.43. The maximum Gasteiger partial charge on any atom is 0.271 e. The summed E-state index contributed by atoms with van der Waals surface area (Å²) < 4.78 is 5.77. The second-order valence-corrected chi connectivity index (χ2v) is 7.25. The number of hydrogen-bond acceptors (Lipinski definition) is 3. The van der Waals surface area contributed by atoms with Crippen molar-refractivity contribution in [2.75, 3.05) is 11.4 Å². The molecule has 0 saturated heterocycles. The van der Waals surface area contributed by atoms with Crippen molar-refractivity contribution in [1.82, 2.24) is 5.32 Å². The first kappa shape index (κ1) is 18.3. The van der Waals surface area contributed by atoms with Gasteiger partial charge in [0.05, 0.1) is 11.7 Å². The quantitative estimate of drug-likeness (QED) is 0.889. The lowest BCUT2D eigenvalue weighted by atomic mass is 10.0. The van der Waals surface area contributed by atoms with Crippen molar-refractivity contribution < 1.29 is 14.3 Å². The Labute approximate surface area is 157 Å². The predicted octanol–water partition coefficient (Wildman–Crippen LogP) is 3.72. The van der Waals surface area contributed by atoms with E-state index < -0.39 is 5.60 Å². The number of benzene rings is 2. The Hall–Kier alpha value is -2.53. The van der Waals surface area contributed by atoms with Gasteiger partial charge in [-0.15, -0.1) is 0 Å². The average molecular weight is 373 g/mol. The molecule has 1 heterocycles. The van der Waals surface area contributed by atoms with E-state index in [9.17, 15) is 9.59 Å². The van der Waals surface area contributed by atoms with Gasteiger partial charge in [0.25, 0.3) is 5.91 Å². The maximum absolute atomic E-state index is 12.8. The number of rotatable bonds is 4. The Kier molecular flexibility index (Phi) is 4.92. The summed E-state index contributed by atoms with van der Waals surface area (Å²) in [5.41, 5.74) is 0.453. The molecule has 136 valence electrons. The van der Waals surface area contributed by atoms with E-state index in [1.54, 1.807) is 32.0 Å². The van der Waals surface area contributed by atoms with Gasteiger partial charge in [-0.25, -0.2) is 0 Å². The predicted molar refractivity (Wildman–Crippen MR) is 102 cm³/mol. The summed E-state index contributed by atoms with van der Waals surface area (Å²) in [5, 5.41) is 3.41. The largest absolute Gasteiger partial charge is 0.476 e. The average Bonchev–Trinajstić information content (AvgIpc) is 2.60. The Morgan fingerprint density at radius 2 is 1.92 bits per heavy atom. The molecule has 1 unspecified atom stereocenters. The fraction of sp³-hybridized carbons (Fsp3) is 0.300. The van der Waals surface area contributed by atoms with E-state index in [2.05, 4.69) is 5.32 Å². The van der Waals surface area contributed by atoms with Gasteiger partial charge in [0, 0.05) is 5.02 Å². The Balaban J connectivity index is 1.80. The van der Waals surface area contributed by atoms with Crippen LogP contribution in [0, 0.1) is 0 Å². The molecule has 2 aromatic carbocycles. The van der Waals surface area contributed by atoms with Crippen molar-refractivity contribution in [3.05, 3.63) is 59.1 Å². The standard InChI is InChI=1S/C20H21ClN2O3/c1-13(14-7-5-4-6-8-14)22-18(24)12-23-16-11-15(21)9-10-17(16)26-20(2,3)19(23)25/h4-11,13H,12H2,1-3H3,(H,22,24). The Morgan fingerprint density at radius 1 is 1.23 bits per heavy atom. The first-order chi connectivity index (χ1) is 12.3. The van der Waals surface area contributed by atoms with Crippen LogP contribution in [0.25, 0.3) is 0 Å². The minimum atomic E-state index is -1.05. The van der Waals surface area contributed by atoms with Crippen LogP contribution in [0.3, 0.4) is 0 Å². The lowest BCUT2D eigenvalue weighted by Crippen LogP contribution is -2.55. The monoisotopic (exact) mass is 372 g/mol. The third kappa shape index (κ3) is 3.68. The highest BCUT2D eigenvalue weighted by Gasteiger charge is 2.41. The highest BCUT2D eigenvalue weighted by molar-refractivity contribution is 6.31. The van der Waals surface area contributed by atoms with Crippen molar-refractivity contribution in [2.24, 2.45) is 0 Å². The number of nitrogens with one attached hydrogen (secondary N) is 1. The number of carbonyl (C=O) groups excluding carboxylic acids is 2. The summed E-state index contributed by atoms with van der Waals surface area (Å²) in [6.07, 6.45) is 0. The molecule has 0 radical (unpaired) electrons.